The van der Waals surface area contributed by atoms with Crippen LogP contribution in [0.1, 0.15) is 31.1 Å². The fourth-order valence-corrected chi connectivity index (χ4v) is 4.19. The number of thiazole rings is 1. The van der Waals surface area contributed by atoms with Gasteiger partial charge in [-0.3, -0.25) is 9.80 Å². The Labute approximate surface area is 118 Å². The highest BCUT2D eigenvalue weighted by atomic mass is 35.5. The van der Waals surface area contributed by atoms with Gasteiger partial charge in [0.2, 0.25) is 0 Å². The molecule has 2 fully saturated rings. The molecule has 2 aliphatic rings. The summed E-state index contributed by atoms with van der Waals surface area (Å²) in [6.07, 6.45) is 6.07. The van der Waals surface area contributed by atoms with E-state index in [1.165, 1.54) is 43.8 Å². The standard InChI is InChI=1S/C13H20ClN3S/c1-10-7-16-5-3-2-4-11(16)8-17(10)9-12-6-15-13(14)18-12/h6,10-11H,2-5,7-9H2,1H3. The van der Waals surface area contributed by atoms with E-state index in [-0.39, 0.29) is 0 Å². The molecule has 2 saturated heterocycles. The summed E-state index contributed by atoms with van der Waals surface area (Å²) in [5, 5.41) is 0. The van der Waals surface area contributed by atoms with Crippen molar-refractivity contribution in [2.45, 2.75) is 44.8 Å². The molecule has 5 heteroatoms. The molecule has 0 bridgehead atoms. The number of rotatable bonds is 2. The van der Waals surface area contributed by atoms with E-state index in [1.807, 2.05) is 6.20 Å². The summed E-state index contributed by atoms with van der Waals surface area (Å²) in [7, 11) is 0. The molecular formula is C13H20ClN3S. The average molecular weight is 286 g/mol. The number of piperidine rings is 1. The zero-order valence-corrected chi connectivity index (χ0v) is 12.4. The first-order valence-electron chi connectivity index (χ1n) is 6.80. The van der Waals surface area contributed by atoms with Gasteiger partial charge in [0.05, 0.1) is 0 Å². The lowest BCUT2D eigenvalue weighted by Gasteiger charge is -2.47. The minimum atomic E-state index is 0.639. The third-order valence-electron chi connectivity index (χ3n) is 4.20. The summed E-state index contributed by atoms with van der Waals surface area (Å²) in [5.41, 5.74) is 0. The fourth-order valence-electron chi connectivity index (χ4n) is 3.19. The Morgan fingerprint density at radius 3 is 3.11 bits per heavy atom. The van der Waals surface area contributed by atoms with E-state index in [4.69, 9.17) is 11.6 Å². The minimum Gasteiger partial charge on any atom is -0.298 e. The Hall–Kier alpha value is -0.160. The molecule has 18 heavy (non-hydrogen) atoms. The monoisotopic (exact) mass is 285 g/mol. The topological polar surface area (TPSA) is 19.4 Å². The second-order valence-electron chi connectivity index (χ2n) is 5.50. The van der Waals surface area contributed by atoms with E-state index in [0.29, 0.717) is 10.5 Å². The zero-order valence-electron chi connectivity index (χ0n) is 10.8. The summed E-state index contributed by atoms with van der Waals surface area (Å²) in [5.74, 6) is 0. The first kappa shape index (κ1) is 12.9. The predicted octanol–water partition coefficient (Wildman–Crippen LogP) is 2.86. The van der Waals surface area contributed by atoms with Crippen LogP contribution in [0.3, 0.4) is 0 Å². The summed E-state index contributed by atoms with van der Waals surface area (Å²) in [6, 6.07) is 1.42. The van der Waals surface area contributed by atoms with E-state index in [2.05, 4.69) is 21.7 Å². The molecule has 1 aromatic rings. The van der Waals surface area contributed by atoms with Crippen LogP contribution in [0.2, 0.25) is 4.47 Å². The van der Waals surface area contributed by atoms with Gasteiger partial charge in [0.1, 0.15) is 0 Å². The van der Waals surface area contributed by atoms with Crippen LogP contribution in [0, 0.1) is 0 Å². The molecule has 1 aromatic heterocycles. The molecule has 0 radical (unpaired) electrons. The molecule has 0 aromatic carbocycles. The van der Waals surface area contributed by atoms with Gasteiger partial charge in [-0.2, -0.15) is 0 Å². The molecule has 100 valence electrons. The molecule has 0 saturated carbocycles. The number of fused-ring (bicyclic) bond motifs is 1. The highest BCUT2D eigenvalue weighted by Crippen LogP contribution is 2.26. The van der Waals surface area contributed by atoms with Gasteiger partial charge >= 0.3 is 0 Å². The Morgan fingerprint density at radius 1 is 1.44 bits per heavy atom. The zero-order chi connectivity index (χ0) is 12.5. The number of piperazine rings is 1. The van der Waals surface area contributed by atoms with Crippen LogP contribution in [0.5, 0.6) is 0 Å². The lowest BCUT2D eigenvalue weighted by atomic mass is 9.97. The third kappa shape index (κ3) is 2.72. The Bertz CT molecular complexity index is 409. The molecule has 0 aliphatic carbocycles. The highest BCUT2D eigenvalue weighted by Gasteiger charge is 2.32. The van der Waals surface area contributed by atoms with Crippen molar-refractivity contribution >= 4 is 22.9 Å². The van der Waals surface area contributed by atoms with Gasteiger partial charge in [-0.25, -0.2) is 4.98 Å². The van der Waals surface area contributed by atoms with Crippen molar-refractivity contribution in [3.8, 4) is 0 Å². The maximum Gasteiger partial charge on any atom is 0.183 e. The van der Waals surface area contributed by atoms with Gasteiger partial charge in [0.25, 0.3) is 0 Å². The van der Waals surface area contributed by atoms with Gasteiger partial charge in [0, 0.05) is 42.8 Å². The number of hydrogen-bond acceptors (Lipinski definition) is 4. The number of aromatic nitrogens is 1. The SMILES string of the molecule is CC1CN2CCCCC2CN1Cc1cnc(Cl)s1. The van der Waals surface area contributed by atoms with Gasteiger partial charge in [0.15, 0.2) is 4.47 Å². The lowest BCUT2D eigenvalue weighted by molar-refractivity contribution is 0.0115. The maximum atomic E-state index is 5.91. The number of hydrogen-bond donors (Lipinski definition) is 0. The van der Waals surface area contributed by atoms with Crippen LogP contribution in [0.25, 0.3) is 0 Å². The van der Waals surface area contributed by atoms with Crippen LogP contribution in [-0.4, -0.2) is 46.5 Å². The summed E-state index contributed by atoms with van der Waals surface area (Å²) in [4.78, 5) is 10.7. The van der Waals surface area contributed by atoms with E-state index in [1.54, 1.807) is 11.3 Å². The van der Waals surface area contributed by atoms with E-state index < -0.39 is 0 Å². The predicted molar refractivity (Wildman–Crippen MR) is 76.2 cm³/mol. The largest absolute Gasteiger partial charge is 0.298 e. The number of halogens is 1. The summed E-state index contributed by atoms with van der Waals surface area (Å²) >= 11 is 7.52. The summed E-state index contributed by atoms with van der Waals surface area (Å²) in [6.45, 7) is 7.08. The Balaban J connectivity index is 1.65. The van der Waals surface area contributed by atoms with E-state index in [0.717, 1.165) is 12.6 Å². The number of nitrogens with zero attached hydrogens (tertiary/aromatic N) is 3. The quantitative estimate of drug-likeness (QED) is 0.833. The molecule has 0 amide bonds. The van der Waals surface area contributed by atoms with Crippen molar-refractivity contribution in [3.05, 3.63) is 15.5 Å². The molecule has 2 aliphatic heterocycles. The van der Waals surface area contributed by atoms with Crippen molar-refractivity contribution in [1.82, 2.24) is 14.8 Å². The van der Waals surface area contributed by atoms with Crippen molar-refractivity contribution < 1.29 is 0 Å². The van der Waals surface area contributed by atoms with Crippen LogP contribution < -0.4 is 0 Å². The third-order valence-corrected chi connectivity index (χ3v) is 5.30. The molecule has 2 unspecified atom stereocenters. The lowest BCUT2D eigenvalue weighted by Crippen LogP contribution is -2.58. The fraction of sp³-hybridized carbons (Fsp3) is 0.769. The molecule has 3 heterocycles. The molecule has 0 N–H and O–H groups in total. The van der Waals surface area contributed by atoms with Gasteiger partial charge in [-0.1, -0.05) is 18.0 Å². The second kappa shape index (κ2) is 5.45. The minimum absolute atomic E-state index is 0.639. The van der Waals surface area contributed by atoms with Crippen molar-refractivity contribution in [2.24, 2.45) is 0 Å². The molecule has 3 rings (SSSR count). The van der Waals surface area contributed by atoms with Gasteiger partial charge in [-0.05, 0) is 26.3 Å². The van der Waals surface area contributed by atoms with E-state index in [9.17, 15) is 0 Å². The average Bonchev–Trinajstić information content (AvgIpc) is 2.76. The van der Waals surface area contributed by atoms with Crippen molar-refractivity contribution in [3.63, 3.8) is 0 Å². The highest BCUT2D eigenvalue weighted by molar-refractivity contribution is 7.15. The second-order valence-corrected chi connectivity index (χ2v) is 7.20. The maximum absolute atomic E-state index is 5.91. The van der Waals surface area contributed by atoms with Crippen LogP contribution >= 0.6 is 22.9 Å². The Kier molecular flexibility index (Phi) is 3.89. The van der Waals surface area contributed by atoms with Gasteiger partial charge < -0.3 is 0 Å². The molecule has 3 nitrogen and oxygen atoms in total. The van der Waals surface area contributed by atoms with Crippen LogP contribution in [0.15, 0.2) is 6.20 Å². The van der Waals surface area contributed by atoms with Crippen LogP contribution in [-0.2, 0) is 6.54 Å². The van der Waals surface area contributed by atoms with E-state index >= 15 is 0 Å². The van der Waals surface area contributed by atoms with Crippen LogP contribution in [0.4, 0.5) is 0 Å². The van der Waals surface area contributed by atoms with Crippen molar-refractivity contribution in [2.75, 3.05) is 19.6 Å². The first-order chi connectivity index (χ1) is 8.72. The smallest absolute Gasteiger partial charge is 0.183 e. The van der Waals surface area contributed by atoms with Gasteiger partial charge in [-0.15, -0.1) is 11.3 Å². The first-order valence-corrected chi connectivity index (χ1v) is 8.00. The Morgan fingerprint density at radius 2 is 2.33 bits per heavy atom. The molecule has 2 atom stereocenters. The van der Waals surface area contributed by atoms with Crippen molar-refractivity contribution in [1.29, 1.82) is 0 Å². The summed E-state index contributed by atoms with van der Waals surface area (Å²) < 4.78 is 0.661. The normalized spacial score (nSPS) is 30.3. The molecular weight excluding hydrogens is 266 g/mol. The molecule has 0 spiro atoms.